The number of nitrogens with one attached hydrogen (secondary N) is 1. The molecule has 0 unspecified atom stereocenters. The molecule has 0 saturated carbocycles. The number of aryl methyl sites for hydroxylation is 2. The molecule has 2 aromatic rings. The van der Waals surface area contributed by atoms with E-state index in [0.29, 0.717) is 11.3 Å². The molecule has 0 bridgehead atoms. The first-order valence-corrected chi connectivity index (χ1v) is 6.41. The molecule has 0 aliphatic heterocycles. The van der Waals surface area contributed by atoms with Crippen molar-refractivity contribution >= 4 is 11.4 Å². The van der Waals surface area contributed by atoms with Crippen LogP contribution in [-0.4, -0.2) is 6.54 Å². The highest BCUT2D eigenvalue weighted by molar-refractivity contribution is 5.67. The lowest BCUT2D eigenvalue weighted by Gasteiger charge is -2.11. The molecule has 0 saturated heterocycles. The zero-order valence-electron chi connectivity index (χ0n) is 11.3. The van der Waals surface area contributed by atoms with Gasteiger partial charge in [0.2, 0.25) is 0 Å². The fraction of sp³-hybridized carbons (Fsp3) is 0.250. The van der Waals surface area contributed by atoms with Gasteiger partial charge in [0.05, 0.1) is 11.4 Å². The molecule has 3 N–H and O–H groups in total. The van der Waals surface area contributed by atoms with Crippen LogP contribution in [-0.2, 0) is 6.42 Å². The topological polar surface area (TPSA) is 38.0 Å². The molecule has 100 valence electrons. The summed E-state index contributed by atoms with van der Waals surface area (Å²) in [6.45, 7) is 4.59. The second-order valence-corrected chi connectivity index (χ2v) is 4.85. The van der Waals surface area contributed by atoms with Gasteiger partial charge in [-0.1, -0.05) is 29.8 Å². The molecule has 0 aliphatic rings. The van der Waals surface area contributed by atoms with Crippen molar-refractivity contribution in [2.45, 2.75) is 20.3 Å². The lowest BCUT2D eigenvalue weighted by atomic mass is 10.1. The number of benzene rings is 2. The van der Waals surface area contributed by atoms with E-state index in [1.54, 1.807) is 13.0 Å². The summed E-state index contributed by atoms with van der Waals surface area (Å²) >= 11 is 0. The van der Waals surface area contributed by atoms with E-state index in [4.69, 9.17) is 5.73 Å². The van der Waals surface area contributed by atoms with E-state index >= 15 is 0 Å². The molecule has 19 heavy (non-hydrogen) atoms. The monoisotopic (exact) mass is 258 g/mol. The van der Waals surface area contributed by atoms with Crippen LogP contribution in [0.25, 0.3) is 0 Å². The predicted molar refractivity (Wildman–Crippen MR) is 78.9 cm³/mol. The highest BCUT2D eigenvalue weighted by Gasteiger charge is 2.04. The summed E-state index contributed by atoms with van der Waals surface area (Å²) in [6.07, 6.45) is 0.914. The highest BCUT2D eigenvalue weighted by atomic mass is 19.1. The lowest BCUT2D eigenvalue weighted by molar-refractivity contribution is 0.619. The Bertz CT molecular complexity index is 579. The van der Waals surface area contributed by atoms with Crippen LogP contribution in [0.3, 0.4) is 0 Å². The summed E-state index contributed by atoms with van der Waals surface area (Å²) in [6, 6.07) is 11.5. The second kappa shape index (κ2) is 5.74. The van der Waals surface area contributed by atoms with Crippen molar-refractivity contribution in [2.24, 2.45) is 0 Å². The summed E-state index contributed by atoms with van der Waals surface area (Å²) in [5, 5.41) is 3.26. The van der Waals surface area contributed by atoms with Gasteiger partial charge >= 0.3 is 0 Å². The second-order valence-electron chi connectivity index (χ2n) is 4.85. The van der Waals surface area contributed by atoms with Crippen LogP contribution in [0.5, 0.6) is 0 Å². The van der Waals surface area contributed by atoms with E-state index in [1.807, 2.05) is 0 Å². The molecular formula is C16H19FN2. The molecule has 0 fully saturated rings. The summed E-state index contributed by atoms with van der Waals surface area (Å²) < 4.78 is 13.3. The standard InChI is InChI=1S/C16H19FN2/c1-11-4-3-5-13(8-11)6-7-19-16-9-12(2)14(17)10-15(16)18/h3-5,8-10,19H,6-7,18H2,1-2H3. The highest BCUT2D eigenvalue weighted by Crippen LogP contribution is 2.22. The van der Waals surface area contributed by atoms with Gasteiger partial charge in [-0.25, -0.2) is 4.39 Å². The minimum Gasteiger partial charge on any atom is -0.397 e. The number of halogens is 1. The Balaban J connectivity index is 1.98. The van der Waals surface area contributed by atoms with Crippen LogP contribution in [0.2, 0.25) is 0 Å². The molecular weight excluding hydrogens is 239 g/mol. The first-order chi connectivity index (χ1) is 9.06. The zero-order valence-corrected chi connectivity index (χ0v) is 11.3. The van der Waals surface area contributed by atoms with E-state index < -0.39 is 0 Å². The van der Waals surface area contributed by atoms with Crippen LogP contribution in [0.4, 0.5) is 15.8 Å². The predicted octanol–water partition coefficient (Wildman–Crippen LogP) is 3.68. The Hall–Kier alpha value is -2.03. The third-order valence-electron chi connectivity index (χ3n) is 3.14. The molecule has 0 aliphatic carbocycles. The smallest absolute Gasteiger partial charge is 0.128 e. The van der Waals surface area contributed by atoms with Crippen LogP contribution in [0.15, 0.2) is 36.4 Å². The fourth-order valence-corrected chi connectivity index (χ4v) is 2.06. The number of hydrogen-bond acceptors (Lipinski definition) is 2. The minimum atomic E-state index is -0.262. The molecule has 0 amide bonds. The van der Waals surface area contributed by atoms with Gasteiger partial charge in [0.25, 0.3) is 0 Å². The van der Waals surface area contributed by atoms with E-state index in [0.717, 1.165) is 18.7 Å². The third-order valence-corrected chi connectivity index (χ3v) is 3.14. The normalized spacial score (nSPS) is 10.5. The minimum absolute atomic E-state index is 0.262. The number of anilines is 2. The maximum atomic E-state index is 13.3. The van der Waals surface area contributed by atoms with Gasteiger partial charge in [-0.2, -0.15) is 0 Å². The molecule has 2 nitrogen and oxygen atoms in total. The largest absolute Gasteiger partial charge is 0.397 e. The Morgan fingerprint density at radius 1 is 1.16 bits per heavy atom. The van der Waals surface area contributed by atoms with E-state index in [9.17, 15) is 4.39 Å². The summed E-state index contributed by atoms with van der Waals surface area (Å²) in [5.74, 6) is -0.262. The Morgan fingerprint density at radius 3 is 2.68 bits per heavy atom. The molecule has 0 heterocycles. The van der Waals surface area contributed by atoms with Crippen LogP contribution in [0.1, 0.15) is 16.7 Å². The number of hydrogen-bond donors (Lipinski definition) is 2. The van der Waals surface area contributed by atoms with Crippen LogP contribution in [0, 0.1) is 19.7 Å². The maximum absolute atomic E-state index is 13.3. The maximum Gasteiger partial charge on any atom is 0.128 e. The summed E-state index contributed by atoms with van der Waals surface area (Å²) in [5.41, 5.74) is 10.2. The van der Waals surface area contributed by atoms with Gasteiger partial charge in [-0.15, -0.1) is 0 Å². The Labute approximate surface area is 113 Å². The van der Waals surface area contributed by atoms with Crippen molar-refractivity contribution in [3.05, 3.63) is 58.9 Å². The van der Waals surface area contributed by atoms with Crippen molar-refractivity contribution in [3.8, 4) is 0 Å². The van der Waals surface area contributed by atoms with Gasteiger partial charge in [0.1, 0.15) is 5.82 Å². The van der Waals surface area contributed by atoms with E-state index in [2.05, 4.69) is 36.5 Å². The zero-order chi connectivity index (χ0) is 13.8. The molecule has 0 aromatic heterocycles. The van der Waals surface area contributed by atoms with Crippen molar-refractivity contribution in [1.82, 2.24) is 0 Å². The summed E-state index contributed by atoms with van der Waals surface area (Å²) in [4.78, 5) is 0. The third kappa shape index (κ3) is 3.47. The van der Waals surface area contributed by atoms with Crippen molar-refractivity contribution in [1.29, 1.82) is 0 Å². The number of nitrogen functional groups attached to an aromatic ring is 1. The molecule has 2 rings (SSSR count). The van der Waals surface area contributed by atoms with Gasteiger partial charge < -0.3 is 11.1 Å². The lowest BCUT2D eigenvalue weighted by Crippen LogP contribution is -2.07. The Morgan fingerprint density at radius 2 is 1.95 bits per heavy atom. The first kappa shape index (κ1) is 13.4. The SMILES string of the molecule is Cc1cccc(CCNc2cc(C)c(F)cc2N)c1. The fourth-order valence-electron chi connectivity index (χ4n) is 2.06. The molecule has 2 aromatic carbocycles. The molecule has 0 atom stereocenters. The van der Waals surface area contributed by atoms with Crippen molar-refractivity contribution in [3.63, 3.8) is 0 Å². The molecule has 3 heteroatoms. The van der Waals surface area contributed by atoms with E-state index in [-0.39, 0.29) is 5.82 Å². The van der Waals surface area contributed by atoms with Gasteiger partial charge in [-0.05, 0) is 43.5 Å². The summed E-state index contributed by atoms with van der Waals surface area (Å²) in [7, 11) is 0. The Kier molecular flexibility index (Phi) is 4.05. The first-order valence-electron chi connectivity index (χ1n) is 6.41. The molecule has 0 spiro atoms. The average Bonchev–Trinajstić information content (AvgIpc) is 2.35. The van der Waals surface area contributed by atoms with Gasteiger partial charge in [0.15, 0.2) is 0 Å². The van der Waals surface area contributed by atoms with Gasteiger partial charge in [-0.3, -0.25) is 0 Å². The van der Waals surface area contributed by atoms with E-state index in [1.165, 1.54) is 17.2 Å². The van der Waals surface area contributed by atoms with Crippen LogP contribution >= 0.6 is 0 Å². The van der Waals surface area contributed by atoms with Crippen molar-refractivity contribution in [2.75, 3.05) is 17.6 Å². The van der Waals surface area contributed by atoms with Crippen LogP contribution < -0.4 is 11.1 Å². The van der Waals surface area contributed by atoms with Gasteiger partial charge in [0, 0.05) is 6.54 Å². The quantitative estimate of drug-likeness (QED) is 0.821. The average molecular weight is 258 g/mol. The number of rotatable bonds is 4. The van der Waals surface area contributed by atoms with Crippen molar-refractivity contribution < 1.29 is 4.39 Å². The molecule has 0 radical (unpaired) electrons. The number of nitrogens with two attached hydrogens (primary N) is 1.